The molecule has 0 fully saturated rings. The van der Waals surface area contributed by atoms with Crippen LogP contribution < -0.4 is 0 Å². The van der Waals surface area contributed by atoms with Crippen LogP contribution in [0.4, 0.5) is 0 Å². The average molecular weight is 256 g/mol. The van der Waals surface area contributed by atoms with Gasteiger partial charge in [-0.1, -0.05) is 78.9 Å². The van der Waals surface area contributed by atoms with Crippen molar-refractivity contribution in [2.75, 3.05) is 0 Å². The van der Waals surface area contributed by atoms with Crippen LogP contribution in [0.2, 0.25) is 0 Å². The van der Waals surface area contributed by atoms with Crippen LogP contribution in [0, 0.1) is 0 Å². The monoisotopic (exact) mass is 256 g/mol. The van der Waals surface area contributed by atoms with Gasteiger partial charge in [0.25, 0.3) is 0 Å². The van der Waals surface area contributed by atoms with Crippen LogP contribution in [0.25, 0.3) is 10.8 Å². The third-order valence-electron chi connectivity index (χ3n) is 4.21. The van der Waals surface area contributed by atoms with Gasteiger partial charge in [0.2, 0.25) is 0 Å². The fourth-order valence-corrected chi connectivity index (χ4v) is 3.25. The van der Waals surface area contributed by atoms with Crippen molar-refractivity contribution in [3.63, 3.8) is 0 Å². The molecule has 1 aliphatic carbocycles. The second kappa shape index (κ2) is 4.64. The Bertz CT molecular complexity index is 791. The molecule has 3 aromatic carbocycles. The van der Waals surface area contributed by atoms with Crippen molar-refractivity contribution in [1.82, 2.24) is 0 Å². The van der Waals surface area contributed by atoms with E-state index < -0.39 is 0 Å². The standard InChI is InChI=1S/C20H16/c1-3-11-17-15(7-1)9-5-13-19(17)20-14-6-10-16-8-2-4-12-18(16)20/h1-9,11-14,20H,10H2/t20-/m0/s1. The van der Waals surface area contributed by atoms with Crippen molar-refractivity contribution >= 4 is 10.8 Å². The minimum atomic E-state index is 0.381. The molecule has 0 nitrogen and oxygen atoms in total. The fraction of sp³-hybridized carbons (Fsp3) is 0.100. The molecule has 0 heterocycles. The molecule has 0 bridgehead atoms. The normalized spacial score (nSPS) is 17.1. The summed E-state index contributed by atoms with van der Waals surface area (Å²) in [5.41, 5.74) is 4.31. The van der Waals surface area contributed by atoms with Crippen molar-refractivity contribution in [3.8, 4) is 0 Å². The van der Waals surface area contributed by atoms with Crippen molar-refractivity contribution in [2.24, 2.45) is 0 Å². The van der Waals surface area contributed by atoms with E-state index >= 15 is 0 Å². The molecule has 0 aromatic heterocycles. The summed E-state index contributed by atoms with van der Waals surface area (Å²) in [6.45, 7) is 0. The first-order valence-corrected chi connectivity index (χ1v) is 7.15. The van der Waals surface area contributed by atoms with E-state index in [-0.39, 0.29) is 0 Å². The van der Waals surface area contributed by atoms with E-state index in [1.54, 1.807) is 0 Å². The smallest absolute Gasteiger partial charge is 0.0278 e. The lowest BCUT2D eigenvalue weighted by Crippen LogP contribution is -2.06. The van der Waals surface area contributed by atoms with Gasteiger partial charge in [0.1, 0.15) is 0 Å². The maximum absolute atomic E-state index is 2.35. The number of rotatable bonds is 1. The molecular weight excluding hydrogens is 240 g/mol. The molecule has 96 valence electrons. The number of hydrogen-bond donors (Lipinski definition) is 0. The van der Waals surface area contributed by atoms with Crippen molar-refractivity contribution in [1.29, 1.82) is 0 Å². The Morgan fingerprint density at radius 2 is 1.45 bits per heavy atom. The van der Waals surface area contributed by atoms with Crippen molar-refractivity contribution < 1.29 is 0 Å². The summed E-state index contributed by atoms with van der Waals surface area (Å²) in [6, 6.07) is 24.1. The summed E-state index contributed by atoms with van der Waals surface area (Å²) in [4.78, 5) is 0. The Kier molecular flexibility index (Phi) is 2.67. The first kappa shape index (κ1) is 11.5. The van der Waals surface area contributed by atoms with Crippen LogP contribution in [0.1, 0.15) is 22.6 Å². The van der Waals surface area contributed by atoms with Gasteiger partial charge >= 0.3 is 0 Å². The molecule has 0 spiro atoms. The van der Waals surface area contributed by atoms with Crippen LogP contribution >= 0.6 is 0 Å². The largest absolute Gasteiger partial charge is 0.0832 e. The molecule has 0 N–H and O–H groups in total. The third kappa shape index (κ3) is 1.77. The van der Waals surface area contributed by atoms with E-state index in [2.05, 4.69) is 78.9 Å². The molecule has 1 atom stereocenters. The van der Waals surface area contributed by atoms with Gasteiger partial charge in [-0.25, -0.2) is 0 Å². The highest BCUT2D eigenvalue weighted by Gasteiger charge is 2.18. The maximum Gasteiger partial charge on any atom is 0.0278 e. The quantitative estimate of drug-likeness (QED) is 0.532. The Morgan fingerprint density at radius 3 is 2.45 bits per heavy atom. The average Bonchev–Trinajstić information content (AvgIpc) is 2.54. The lowest BCUT2D eigenvalue weighted by molar-refractivity contribution is 0.962. The first-order chi connectivity index (χ1) is 9.93. The van der Waals surface area contributed by atoms with Gasteiger partial charge in [0.15, 0.2) is 0 Å². The van der Waals surface area contributed by atoms with E-state index in [4.69, 9.17) is 0 Å². The SMILES string of the molecule is C1=C[C@H](c2cccc3ccccc23)c2ccccc2C1. The highest BCUT2D eigenvalue weighted by atomic mass is 14.2. The highest BCUT2D eigenvalue weighted by Crippen LogP contribution is 2.35. The molecule has 0 amide bonds. The predicted octanol–water partition coefficient (Wildman–Crippen LogP) is 5.08. The molecule has 20 heavy (non-hydrogen) atoms. The van der Waals surface area contributed by atoms with Crippen LogP contribution in [0.5, 0.6) is 0 Å². The van der Waals surface area contributed by atoms with E-state index in [1.165, 1.54) is 27.5 Å². The van der Waals surface area contributed by atoms with Crippen LogP contribution in [0.15, 0.2) is 78.9 Å². The summed E-state index contributed by atoms with van der Waals surface area (Å²) >= 11 is 0. The number of hydrogen-bond acceptors (Lipinski definition) is 0. The van der Waals surface area contributed by atoms with E-state index in [9.17, 15) is 0 Å². The lowest BCUT2D eigenvalue weighted by Gasteiger charge is -2.22. The lowest BCUT2D eigenvalue weighted by atomic mass is 9.81. The molecule has 0 saturated heterocycles. The molecule has 3 aromatic rings. The van der Waals surface area contributed by atoms with Gasteiger partial charge < -0.3 is 0 Å². The summed E-state index contributed by atoms with van der Waals surface area (Å²) in [7, 11) is 0. The van der Waals surface area contributed by atoms with E-state index in [0.717, 1.165) is 6.42 Å². The topological polar surface area (TPSA) is 0 Å². The van der Waals surface area contributed by atoms with Gasteiger partial charge in [0, 0.05) is 5.92 Å². The molecule has 1 aliphatic rings. The number of allylic oxidation sites excluding steroid dienone is 2. The van der Waals surface area contributed by atoms with Gasteiger partial charge in [-0.15, -0.1) is 0 Å². The maximum atomic E-state index is 2.35. The van der Waals surface area contributed by atoms with Gasteiger partial charge in [-0.2, -0.15) is 0 Å². The zero-order chi connectivity index (χ0) is 13.4. The Labute approximate surface area is 119 Å². The molecule has 4 rings (SSSR count). The van der Waals surface area contributed by atoms with E-state index in [0.29, 0.717) is 5.92 Å². The Balaban J connectivity index is 1.96. The third-order valence-corrected chi connectivity index (χ3v) is 4.21. The minimum Gasteiger partial charge on any atom is -0.0832 e. The van der Waals surface area contributed by atoms with E-state index in [1.807, 2.05) is 0 Å². The summed E-state index contributed by atoms with van der Waals surface area (Å²) in [5.74, 6) is 0.381. The second-order valence-corrected chi connectivity index (χ2v) is 5.38. The Morgan fingerprint density at radius 1 is 0.700 bits per heavy atom. The molecule has 0 aliphatic heterocycles. The van der Waals surface area contributed by atoms with Crippen LogP contribution in [-0.4, -0.2) is 0 Å². The minimum absolute atomic E-state index is 0.381. The first-order valence-electron chi connectivity index (χ1n) is 7.15. The predicted molar refractivity (Wildman–Crippen MR) is 85.1 cm³/mol. The summed E-state index contributed by atoms with van der Waals surface area (Å²) in [6.07, 6.45) is 5.70. The van der Waals surface area contributed by atoms with Gasteiger partial charge in [0.05, 0.1) is 0 Å². The summed E-state index contributed by atoms with van der Waals surface area (Å²) in [5, 5.41) is 2.68. The molecule has 0 heteroatoms. The van der Waals surface area contributed by atoms with Crippen molar-refractivity contribution in [3.05, 3.63) is 95.6 Å². The van der Waals surface area contributed by atoms with Crippen LogP contribution in [0.3, 0.4) is 0 Å². The highest BCUT2D eigenvalue weighted by molar-refractivity contribution is 5.87. The second-order valence-electron chi connectivity index (χ2n) is 5.38. The van der Waals surface area contributed by atoms with Gasteiger partial charge in [-0.3, -0.25) is 0 Å². The molecular formula is C20H16. The zero-order valence-electron chi connectivity index (χ0n) is 11.3. The van der Waals surface area contributed by atoms with Crippen LogP contribution in [-0.2, 0) is 6.42 Å². The summed E-state index contributed by atoms with van der Waals surface area (Å²) < 4.78 is 0. The number of benzene rings is 3. The molecule has 0 unspecified atom stereocenters. The Hall–Kier alpha value is -2.34. The molecule has 0 radical (unpaired) electrons. The van der Waals surface area contributed by atoms with Crippen molar-refractivity contribution in [2.45, 2.75) is 12.3 Å². The zero-order valence-corrected chi connectivity index (χ0v) is 11.3. The van der Waals surface area contributed by atoms with Gasteiger partial charge in [-0.05, 0) is 33.9 Å². The molecule has 0 saturated carbocycles. The fourth-order valence-electron chi connectivity index (χ4n) is 3.25. The number of fused-ring (bicyclic) bond motifs is 2.